The van der Waals surface area contributed by atoms with Crippen LogP contribution in [0, 0.1) is 0 Å². The van der Waals surface area contributed by atoms with Crippen molar-refractivity contribution < 1.29 is 0 Å². The molecule has 0 aromatic rings. The fraction of sp³-hybridized carbons (Fsp3) is 0.429. The van der Waals surface area contributed by atoms with Gasteiger partial charge < -0.3 is 4.90 Å². The maximum absolute atomic E-state index is 3.74. The second-order valence-electron chi connectivity index (χ2n) is 2.03. The molecule has 0 aliphatic rings. The summed E-state index contributed by atoms with van der Waals surface area (Å²) in [5.41, 5.74) is 2.05. The van der Waals surface area contributed by atoms with Crippen LogP contribution in [0.15, 0.2) is 24.6 Å². The highest BCUT2D eigenvalue weighted by Gasteiger charge is 1.92. The summed E-state index contributed by atoms with van der Waals surface area (Å²) in [6.45, 7) is 11.4. The first-order valence-electron chi connectivity index (χ1n) is 2.60. The Morgan fingerprint density at radius 2 is 1.33 bits per heavy atom. The summed E-state index contributed by atoms with van der Waals surface area (Å²) in [7, 11) is 1.95. The molecule has 0 amide bonds. The minimum absolute atomic E-state index is 0. The minimum Gasteiger partial charge on any atom is -0.353 e. The van der Waals surface area contributed by atoms with E-state index in [1.807, 2.05) is 25.8 Å². The second-order valence-corrected chi connectivity index (χ2v) is 2.03. The molecule has 0 radical (unpaired) electrons. The molecule has 0 heterocycles. The molecule has 9 heavy (non-hydrogen) atoms. The second kappa shape index (κ2) is 4.85. The normalized spacial score (nSPS) is 7.44. The van der Waals surface area contributed by atoms with Crippen LogP contribution < -0.4 is 0 Å². The molecule has 0 bridgehead atoms. The van der Waals surface area contributed by atoms with Gasteiger partial charge in [-0.05, 0) is 13.8 Å². The van der Waals surface area contributed by atoms with Crippen LogP contribution >= 0.6 is 24.0 Å². The summed E-state index contributed by atoms with van der Waals surface area (Å²) in [5.74, 6) is 0. The molecule has 0 saturated carbocycles. The Morgan fingerprint density at radius 1 is 1.11 bits per heavy atom. The van der Waals surface area contributed by atoms with E-state index in [0.717, 1.165) is 11.4 Å². The number of hydrogen-bond acceptors (Lipinski definition) is 1. The first kappa shape index (κ1) is 11.8. The fourth-order valence-corrected chi connectivity index (χ4v) is 0.326. The third-order valence-electron chi connectivity index (χ3n) is 1.15. The molecule has 0 saturated heterocycles. The van der Waals surface area contributed by atoms with Gasteiger partial charge in [-0.2, -0.15) is 0 Å². The first-order valence-corrected chi connectivity index (χ1v) is 2.60. The van der Waals surface area contributed by atoms with Crippen LogP contribution in [-0.4, -0.2) is 11.9 Å². The van der Waals surface area contributed by atoms with E-state index < -0.39 is 0 Å². The average Bonchev–Trinajstić information content (AvgIpc) is 1.64. The van der Waals surface area contributed by atoms with Crippen LogP contribution in [0.25, 0.3) is 0 Å². The third-order valence-corrected chi connectivity index (χ3v) is 1.15. The van der Waals surface area contributed by atoms with Gasteiger partial charge in [0.25, 0.3) is 0 Å². The molecule has 0 spiro atoms. The highest BCUT2D eigenvalue weighted by molar-refractivity contribution is 14.0. The van der Waals surface area contributed by atoms with Crippen molar-refractivity contribution in [3.8, 4) is 0 Å². The van der Waals surface area contributed by atoms with Gasteiger partial charge in [-0.1, -0.05) is 13.2 Å². The van der Waals surface area contributed by atoms with Gasteiger partial charge in [0.2, 0.25) is 0 Å². The largest absolute Gasteiger partial charge is 0.353 e. The van der Waals surface area contributed by atoms with Gasteiger partial charge in [0.1, 0.15) is 0 Å². The van der Waals surface area contributed by atoms with Gasteiger partial charge in [-0.15, -0.1) is 24.0 Å². The van der Waals surface area contributed by atoms with Crippen molar-refractivity contribution in [3.63, 3.8) is 0 Å². The molecule has 0 unspecified atom stereocenters. The molecular weight excluding hydrogens is 225 g/mol. The van der Waals surface area contributed by atoms with Gasteiger partial charge in [-0.25, -0.2) is 0 Å². The summed E-state index contributed by atoms with van der Waals surface area (Å²) in [6, 6.07) is 0. The maximum atomic E-state index is 3.74. The van der Waals surface area contributed by atoms with Gasteiger partial charge >= 0.3 is 0 Å². The molecule has 0 atom stereocenters. The van der Waals surface area contributed by atoms with Crippen molar-refractivity contribution in [2.45, 2.75) is 13.8 Å². The monoisotopic (exact) mass is 239 g/mol. The smallest absolute Gasteiger partial charge is 0.0111 e. The molecule has 0 N–H and O–H groups in total. The Morgan fingerprint density at radius 3 is 1.33 bits per heavy atom. The predicted molar refractivity (Wildman–Crippen MR) is 52.8 cm³/mol. The van der Waals surface area contributed by atoms with E-state index in [1.54, 1.807) is 0 Å². The summed E-state index contributed by atoms with van der Waals surface area (Å²) in [4.78, 5) is 1.94. The van der Waals surface area contributed by atoms with Crippen LogP contribution in [0.5, 0.6) is 0 Å². The standard InChI is InChI=1S/C7H13N.HI/c1-6(2)8(5)7(3)4;/h1,3H2,2,4-5H3;1H. The lowest BCUT2D eigenvalue weighted by Gasteiger charge is -2.17. The Kier molecular flexibility index (Phi) is 6.34. The van der Waals surface area contributed by atoms with E-state index in [9.17, 15) is 0 Å². The van der Waals surface area contributed by atoms with Gasteiger partial charge in [0, 0.05) is 18.4 Å². The molecule has 0 aromatic heterocycles. The minimum atomic E-state index is 0. The van der Waals surface area contributed by atoms with E-state index in [2.05, 4.69) is 13.2 Å². The van der Waals surface area contributed by atoms with E-state index in [1.165, 1.54) is 0 Å². The van der Waals surface area contributed by atoms with Crippen LogP contribution in [0.4, 0.5) is 0 Å². The van der Waals surface area contributed by atoms with Gasteiger partial charge in [0.15, 0.2) is 0 Å². The molecule has 0 rings (SSSR count). The Bertz CT molecular complexity index is 104. The first-order chi connectivity index (χ1) is 3.55. The lowest BCUT2D eigenvalue weighted by Crippen LogP contribution is -2.10. The summed E-state index contributed by atoms with van der Waals surface area (Å²) in [6.07, 6.45) is 0. The van der Waals surface area contributed by atoms with Crippen molar-refractivity contribution in [2.75, 3.05) is 7.05 Å². The number of rotatable bonds is 2. The Labute approximate surface area is 74.5 Å². The van der Waals surface area contributed by atoms with Crippen molar-refractivity contribution in [3.05, 3.63) is 24.6 Å². The quantitative estimate of drug-likeness (QED) is 0.669. The van der Waals surface area contributed by atoms with E-state index >= 15 is 0 Å². The van der Waals surface area contributed by atoms with E-state index in [0.29, 0.717) is 0 Å². The van der Waals surface area contributed by atoms with Crippen LogP contribution in [0.2, 0.25) is 0 Å². The zero-order chi connectivity index (χ0) is 6.73. The predicted octanol–water partition coefficient (Wildman–Crippen LogP) is 2.60. The number of nitrogens with zero attached hydrogens (tertiary/aromatic N) is 1. The maximum Gasteiger partial charge on any atom is 0.0111 e. The zero-order valence-electron chi connectivity index (χ0n) is 6.27. The van der Waals surface area contributed by atoms with Gasteiger partial charge in [0.05, 0.1) is 0 Å². The van der Waals surface area contributed by atoms with Crippen LogP contribution in [0.1, 0.15) is 13.8 Å². The lowest BCUT2D eigenvalue weighted by molar-refractivity contribution is 0.527. The van der Waals surface area contributed by atoms with Crippen LogP contribution in [-0.2, 0) is 0 Å². The summed E-state index contributed by atoms with van der Waals surface area (Å²) >= 11 is 0. The number of halogens is 1. The number of allylic oxidation sites excluding steroid dienone is 2. The fourth-order valence-electron chi connectivity index (χ4n) is 0.326. The zero-order valence-corrected chi connectivity index (χ0v) is 8.60. The molecule has 0 aromatic carbocycles. The van der Waals surface area contributed by atoms with Crippen LogP contribution in [0.3, 0.4) is 0 Å². The highest BCUT2D eigenvalue weighted by Crippen LogP contribution is 2.02. The molecule has 1 nitrogen and oxygen atoms in total. The molecule has 0 aliphatic carbocycles. The van der Waals surface area contributed by atoms with Crippen molar-refractivity contribution >= 4 is 24.0 Å². The summed E-state index contributed by atoms with van der Waals surface area (Å²) < 4.78 is 0. The van der Waals surface area contributed by atoms with Gasteiger partial charge in [-0.3, -0.25) is 0 Å². The SMILES string of the molecule is C=C(C)N(C)C(=C)C.I. The topological polar surface area (TPSA) is 3.24 Å². The third kappa shape index (κ3) is 4.51. The lowest BCUT2D eigenvalue weighted by atomic mass is 10.4. The van der Waals surface area contributed by atoms with Crippen molar-refractivity contribution in [1.29, 1.82) is 0 Å². The molecular formula is C7H14IN. The van der Waals surface area contributed by atoms with Crippen molar-refractivity contribution in [1.82, 2.24) is 4.90 Å². The van der Waals surface area contributed by atoms with E-state index in [4.69, 9.17) is 0 Å². The number of hydrogen-bond donors (Lipinski definition) is 0. The molecule has 0 fully saturated rings. The molecule has 2 heteroatoms. The Balaban J connectivity index is 0. The molecule has 54 valence electrons. The van der Waals surface area contributed by atoms with E-state index in [-0.39, 0.29) is 24.0 Å². The average molecular weight is 239 g/mol. The van der Waals surface area contributed by atoms with Crippen molar-refractivity contribution in [2.24, 2.45) is 0 Å². The molecule has 0 aliphatic heterocycles. The highest BCUT2D eigenvalue weighted by atomic mass is 127. The summed E-state index contributed by atoms with van der Waals surface area (Å²) in [5, 5.41) is 0. The Hall–Kier alpha value is 0.01000.